The Morgan fingerprint density at radius 1 is 1.15 bits per heavy atom. The van der Waals surface area contributed by atoms with Crippen molar-refractivity contribution in [3.8, 4) is 22.5 Å². The molecule has 166 valence electrons. The van der Waals surface area contributed by atoms with Gasteiger partial charge in [0.05, 0.1) is 5.69 Å². The summed E-state index contributed by atoms with van der Waals surface area (Å²) in [6.45, 7) is 8.75. The Kier molecular flexibility index (Phi) is 6.01. The van der Waals surface area contributed by atoms with Crippen LogP contribution in [0.4, 0.5) is 0 Å². The first-order valence-electron chi connectivity index (χ1n) is 10.3. The maximum absolute atomic E-state index is 12.3. The average molecular weight is 492 g/mol. The largest absolute Gasteiger partial charge is 0.298 e. The predicted molar refractivity (Wildman–Crippen MR) is 137 cm³/mol. The van der Waals surface area contributed by atoms with Crippen LogP contribution in [-0.2, 0) is 12.3 Å². The molecular weight excluding hydrogens is 470 g/mol. The standard InChI is InChI=1S/C24H21N5OS3/c1-4-9-29-22(19-14-32-16(3)21(19)17-7-5-15(2)6-8-17)26-27-24(29)33-13-18-12-20(30)28-10-11-31-23(28)25-18/h4-8,10-12,14H,1,9,13H2,2-3H3. The lowest BCUT2D eigenvalue weighted by Crippen LogP contribution is -2.12. The highest BCUT2D eigenvalue weighted by atomic mass is 32.2. The predicted octanol–water partition coefficient (Wildman–Crippen LogP) is 5.84. The summed E-state index contributed by atoms with van der Waals surface area (Å²) >= 11 is 4.69. The highest BCUT2D eigenvalue weighted by molar-refractivity contribution is 7.98. The van der Waals surface area contributed by atoms with Gasteiger partial charge in [-0.25, -0.2) is 4.98 Å². The van der Waals surface area contributed by atoms with E-state index in [4.69, 9.17) is 0 Å². The molecule has 0 spiro atoms. The van der Waals surface area contributed by atoms with Crippen molar-refractivity contribution in [2.45, 2.75) is 31.3 Å². The van der Waals surface area contributed by atoms with Crippen molar-refractivity contribution in [1.29, 1.82) is 0 Å². The van der Waals surface area contributed by atoms with Crippen molar-refractivity contribution in [2.75, 3.05) is 0 Å². The van der Waals surface area contributed by atoms with E-state index in [-0.39, 0.29) is 5.56 Å². The minimum Gasteiger partial charge on any atom is -0.298 e. The quantitative estimate of drug-likeness (QED) is 0.211. The number of allylic oxidation sites excluding steroid dienone is 1. The summed E-state index contributed by atoms with van der Waals surface area (Å²) in [5.74, 6) is 1.35. The van der Waals surface area contributed by atoms with Crippen LogP contribution in [-0.4, -0.2) is 24.1 Å². The molecule has 0 N–H and O–H groups in total. The zero-order valence-corrected chi connectivity index (χ0v) is 20.6. The number of hydrogen-bond donors (Lipinski definition) is 0. The van der Waals surface area contributed by atoms with Crippen LogP contribution in [0, 0.1) is 13.8 Å². The molecule has 9 heteroatoms. The summed E-state index contributed by atoms with van der Waals surface area (Å²) in [4.78, 5) is 18.8. The topological polar surface area (TPSA) is 65.1 Å². The second-order valence-corrected chi connectivity index (χ2v) is 10.5. The molecule has 0 fully saturated rings. The lowest BCUT2D eigenvalue weighted by Gasteiger charge is -2.10. The number of thioether (sulfide) groups is 1. The first-order valence-corrected chi connectivity index (χ1v) is 13.1. The van der Waals surface area contributed by atoms with Crippen molar-refractivity contribution in [1.82, 2.24) is 24.1 Å². The molecule has 4 aromatic heterocycles. The monoisotopic (exact) mass is 491 g/mol. The third-order valence-corrected chi connectivity index (χ3v) is 7.96. The second-order valence-electron chi connectivity index (χ2n) is 7.58. The Bertz CT molecular complexity index is 1510. The van der Waals surface area contributed by atoms with Gasteiger partial charge in [0.1, 0.15) is 0 Å². The van der Waals surface area contributed by atoms with Gasteiger partial charge in [-0.1, -0.05) is 47.7 Å². The maximum atomic E-state index is 12.3. The van der Waals surface area contributed by atoms with Crippen LogP contribution in [0.5, 0.6) is 0 Å². The van der Waals surface area contributed by atoms with Crippen LogP contribution >= 0.6 is 34.4 Å². The van der Waals surface area contributed by atoms with E-state index in [1.165, 1.54) is 44.7 Å². The van der Waals surface area contributed by atoms with E-state index >= 15 is 0 Å². The van der Waals surface area contributed by atoms with Crippen molar-refractivity contribution in [2.24, 2.45) is 0 Å². The van der Waals surface area contributed by atoms with E-state index in [1.54, 1.807) is 28.0 Å². The van der Waals surface area contributed by atoms with E-state index in [9.17, 15) is 4.79 Å². The molecular formula is C24H21N5OS3. The van der Waals surface area contributed by atoms with Gasteiger partial charge in [0.25, 0.3) is 5.56 Å². The SMILES string of the molecule is C=CCn1c(SCc2cc(=O)n3ccsc3n2)nnc1-c1csc(C)c1-c1ccc(C)cc1. The highest BCUT2D eigenvalue weighted by Gasteiger charge is 2.20. The molecule has 0 radical (unpaired) electrons. The molecule has 1 aromatic carbocycles. The van der Waals surface area contributed by atoms with E-state index < -0.39 is 0 Å². The highest BCUT2D eigenvalue weighted by Crippen LogP contribution is 2.39. The van der Waals surface area contributed by atoms with E-state index in [2.05, 4.69) is 69.8 Å². The third kappa shape index (κ3) is 4.19. The molecule has 0 saturated carbocycles. The number of aryl methyl sites for hydroxylation is 2. The molecule has 0 aliphatic carbocycles. The van der Waals surface area contributed by atoms with Crippen molar-refractivity contribution in [3.63, 3.8) is 0 Å². The van der Waals surface area contributed by atoms with Gasteiger partial charge in [-0.05, 0) is 19.4 Å². The molecule has 5 aromatic rings. The number of aromatic nitrogens is 5. The summed E-state index contributed by atoms with van der Waals surface area (Å²) in [5.41, 5.74) is 5.32. The molecule has 0 aliphatic rings. The van der Waals surface area contributed by atoms with Crippen LogP contribution in [0.25, 0.3) is 27.5 Å². The van der Waals surface area contributed by atoms with Gasteiger partial charge in [-0.3, -0.25) is 13.8 Å². The summed E-state index contributed by atoms with van der Waals surface area (Å²) < 4.78 is 3.63. The lowest BCUT2D eigenvalue weighted by molar-refractivity contribution is 0.731. The summed E-state index contributed by atoms with van der Waals surface area (Å²) in [7, 11) is 0. The van der Waals surface area contributed by atoms with Crippen LogP contribution in [0.2, 0.25) is 0 Å². The molecule has 0 bridgehead atoms. The first kappa shape index (κ1) is 21.8. The Hall–Kier alpha value is -3.01. The molecule has 5 rings (SSSR count). The lowest BCUT2D eigenvalue weighted by atomic mass is 10.0. The smallest absolute Gasteiger partial charge is 0.258 e. The van der Waals surface area contributed by atoms with E-state index in [0.29, 0.717) is 17.3 Å². The fourth-order valence-corrected chi connectivity index (χ4v) is 6.13. The number of nitrogens with zero attached hydrogens (tertiary/aromatic N) is 5. The Balaban J connectivity index is 1.49. The van der Waals surface area contributed by atoms with Crippen LogP contribution in [0.3, 0.4) is 0 Å². The minimum absolute atomic E-state index is 0.0680. The zero-order valence-electron chi connectivity index (χ0n) is 18.2. The Morgan fingerprint density at radius 2 is 1.97 bits per heavy atom. The number of rotatable bonds is 7. The van der Waals surface area contributed by atoms with Gasteiger partial charge in [-0.2, -0.15) is 0 Å². The van der Waals surface area contributed by atoms with Crippen molar-refractivity contribution in [3.05, 3.63) is 86.4 Å². The molecule has 33 heavy (non-hydrogen) atoms. The number of hydrogen-bond acceptors (Lipinski definition) is 7. The second kappa shape index (κ2) is 9.09. The average Bonchev–Trinajstić information content (AvgIpc) is 3.52. The van der Waals surface area contributed by atoms with Crippen LogP contribution in [0.1, 0.15) is 16.1 Å². The fourth-order valence-electron chi connectivity index (χ4n) is 3.69. The van der Waals surface area contributed by atoms with Gasteiger partial charge < -0.3 is 0 Å². The number of thiophene rings is 1. The van der Waals surface area contributed by atoms with E-state index in [0.717, 1.165) is 22.2 Å². The van der Waals surface area contributed by atoms with Crippen LogP contribution < -0.4 is 5.56 Å². The van der Waals surface area contributed by atoms with Crippen LogP contribution in [0.15, 0.2) is 69.9 Å². The Labute approximate surface area is 203 Å². The van der Waals surface area contributed by atoms with Gasteiger partial charge in [0, 0.05) is 51.3 Å². The molecule has 0 saturated heterocycles. The third-order valence-electron chi connectivity index (χ3n) is 5.29. The van der Waals surface area contributed by atoms with Crippen molar-refractivity contribution < 1.29 is 0 Å². The maximum Gasteiger partial charge on any atom is 0.258 e. The number of thiazole rings is 1. The fraction of sp³-hybridized carbons (Fsp3) is 0.167. The Morgan fingerprint density at radius 3 is 2.76 bits per heavy atom. The summed E-state index contributed by atoms with van der Waals surface area (Å²) in [6.07, 6.45) is 3.60. The minimum atomic E-state index is -0.0680. The molecule has 0 aliphatic heterocycles. The van der Waals surface area contributed by atoms with E-state index in [1.807, 2.05) is 11.5 Å². The normalized spacial score (nSPS) is 11.3. The number of benzene rings is 1. The van der Waals surface area contributed by atoms with Gasteiger partial charge >= 0.3 is 0 Å². The van der Waals surface area contributed by atoms with Gasteiger partial charge in [-0.15, -0.1) is 39.4 Å². The molecule has 0 unspecified atom stereocenters. The van der Waals surface area contributed by atoms with Gasteiger partial charge in [0.2, 0.25) is 0 Å². The molecule has 0 amide bonds. The molecule has 6 nitrogen and oxygen atoms in total. The zero-order chi connectivity index (χ0) is 22.9. The summed E-state index contributed by atoms with van der Waals surface area (Å²) in [5, 5.41) is 13.8. The molecule has 4 heterocycles. The summed E-state index contributed by atoms with van der Waals surface area (Å²) in [6, 6.07) is 10.2. The molecule has 0 atom stereocenters. The van der Waals surface area contributed by atoms with Crippen molar-refractivity contribution >= 4 is 39.4 Å². The van der Waals surface area contributed by atoms with Gasteiger partial charge in [0.15, 0.2) is 15.9 Å². The first-order chi connectivity index (χ1) is 16.0. The number of fused-ring (bicyclic) bond motifs is 1.